The molecule has 1 fully saturated rings. The number of carbonyl (C=O) groups is 2. The van der Waals surface area contributed by atoms with Gasteiger partial charge in [0, 0.05) is 49.2 Å². The summed E-state index contributed by atoms with van der Waals surface area (Å²) in [6, 6.07) is 16.7. The van der Waals surface area contributed by atoms with E-state index in [9.17, 15) is 14.4 Å². The van der Waals surface area contributed by atoms with Gasteiger partial charge in [-0.3, -0.25) is 14.4 Å². The van der Waals surface area contributed by atoms with E-state index >= 15 is 0 Å². The fraction of sp³-hybridized carbons (Fsp3) is 0.308. The Balaban J connectivity index is 1.33. The van der Waals surface area contributed by atoms with E-state index in [-0.39, 0.29) is 23.7 Å². The highest BCUT2D eigenvalue weighted by Gasteiger charge is 2.22. The second-order valence-electron chi connectivity index (χ2n) is 8.33. The summed E-state index contributed by atoms with van der Waals surface area (Å²) in [6.45, 7) is 4.14. The highest BCUT2D eigenvalue weighted by Crippen LogP contribution is 2.22. The van der Waals surface area contributed by atoms with Gasteiger partial charge in [0.25, 0.3) is 5.56 Å². The maximum atomic E-state index is 12.9. The van der Waals surface area contributed by atoms with E-state index in [0.717, 1.165) is 17.0 Å². The molecule has 1 aliphatic heterocycles. The van der Waals surface area contributed by atoms with E-state index in [1.165, 1.54) is 17.8 Å². The number of H-pyrrole nitrogens is 1. The van der Waals surface area contributed by atoms with E-state index in [4.69, 9.17) is 4.74 Å². The summed E-state index contributed by atoms with van der Waals surface area (Å²) >= 11 is 1.41. The highest BCUT2D eigenvalue weighted by molar-refractivity contribution is 7.98. The maximum absolute atomic E-state index is 12.9. The van der Waals surface area contributed by atoms with Gasteiger partial charge in [-0.1, -0.05) is 23.9 Å². The van der Waals surface area contributed by atoms with E-state index in [1.807, 2.05) is 53.4 Å². The third kappa shape index (κ3) is 6.51. The summed E-state index contributed by atoms with van der Waals surface area (Å²) in [5, 5.41) is 0.488. The van der Waals surface area contributed by atoms with Crippen LogP contribution >= 0.6 is 11.8 Å². The number of methoxy groups -OCH3 is 1. The van der Waals surface area contributed by atoms with Crippen LogP contribution in [0.15, 0.2) is 64.5 Å². The van der Waals surface area contributed by atoms with Crippen LogP contribution in [0.1, 0.15) is 28.5 Å². The number of piperazine rings is 1. The quantitative estimate of drug-likeness (QED) is 0.293. The number of aromatic nitrogens is 2. The molecule has 4 rings (SSSR count). The smallest absolute Gasteiger partial charge is 0.251 e. The van der Waals surface area contributed by atoms with Gasteiger partial charge >= 0.3 is 0 Å². The van der Waals surface area contributed by atoms with Gasteiger partial charge in [0.05, 0.1) is 19.2 Å². The summed E-state index contributed by atoms with van der Waals surface area (Å²) in [5.41, 5.74) is 2.97. The number of nitrogens with zero attached hydrogens (tertiary/aromatic N) is 3. The van der Waals surface area contributed by atoms with Gasteiger partial charge in [0.2, 0.25) is 5.91 Å². The number of hydrogen-bond acceptors (Lipinski definition) is 7. The zero-order valence-electron chi connectivity index (χ0n) is 19.8. The van der Waals surface area contributed by atoms with Gasteiger partial charge < -0.3 is 19.5 Å². The first-order valence-electron chi connectivity index (χ1n) is 11.4. The number of nitrogens with one attached hydrogen (secondary N) is 1. The summed E-state index contributed by atoms with van der Waals surface area (Å²) in [6.07, 6.45) is 0.0873. The van der Waals surface area contributed by atoms with Gasteiger partial charge in [-0.05, 0) is 48.9 Å². The monoisotopic (exact) mass is 492 g/mol. The Morgan fingerprint density at radius 1 is 1.06 bits per heavy atom. The molecular weight excluding hydrogens is 464 g/mol. The summed E-state index contributed by atoms with van der Waals surface area (Å²) in [5.74, 6) is 1.39. The molecule has 2 aromatic carbocycles. The molecular formula is C26H28N4O4S. The fourth-order valence-electron chi connectivity index (χ4n) is 3.94. The minimum atomic E-state index is -0.269. The molecule has 2 heterocycles. The molecule has 1 N–H and O–H groups in total. The molecule has 3 aromatic rings. The topological polar surface area (TPSA) is 95.6 Å². The predicted molar refractivity (Wildman–Crippen MR) is 136 cm³/mol. The van der Waals surface area contributed by atoms with Crippen molar-refractivity contribution in [3.8, 4) is 5.75 Å². The lowest BCUT2D eigenvalue weighted by atomic mass is 10.1. The Morgan fingerprint density at radius 2 is 1.80 bits per heavy atom. The summed E-state index contributed by atoms with van der Waals surface area (Å²) in [7, 11) is 1.62. The standard InChI is InChI=1S/C26H28N4O4S/c1-18(31)20-6-8-22(9-7-20)29-10-12-30(13-11-29)25(33)16-21-15-24(32)28-26(27-21)35-17-19-4-3-5-23(14-19)34-2/h3-9,14-15H,10-13,16-17H2,1-2H3,(H,27,28,32). The number of carbonyl (C=O) groups excluding carboxylic acids is 2. The van der Waals surface area contributed by atoms with Gasteiger partial charge in [0.1, 0.15) is 5.75 Å². The second kappa shape index (κ2) is 11.2. The van der Waals surface area contributed by atoms with Crippen molar-refractivity contribution in [3.05, 3.63) is 81.8 Å². The number of benzene rings is 2. The number of anilines is 1. The summed E-state index contributed by atoms with van der Waals surface area (Å²) in [4.78, 5) is 47.8. The molecule has 8 nitrogen and oxygen atoms in total. The van der Waals surface area contributed by atoms with Crippen molar-refractivity contribution < 1.29 is 14.3 Å². The third-order valence-electron chi connectivity index (χ3n) is 5.89. The normalized spacial score (nSPS) is 13.5. The van der Waals surface area contributed by atoms with E-state index in [2.05, 4.69) is 14.9 Å². The van der Waals surface area contributed by atoms with Crippen LogP contribution in [0.3, 0.4) is 0 Å². The zero-order valence-corrected chi connectivity index (χ0v) is 20.6. The molecule has 0 radical (unpaired) electrons. The molecule has 0 aliphatic carbocycles. The highest BCUT2D eigenvalue weighted by atomic mass is 32.2. The van der Waals surface area contributed by atoms with Crippen molar-refractivity contribution in [3.63, 3.8) is 0 Å². The lowest BCUT2D eigenvalue weighted by Crippen LogP contribution is -2.49. The summed E-state index contributed by atoms with van der Waals surface area (Å²) < 4.78 is 5.25. The molecule has 1 aromatic heterocycles. The molecule has 1 amide bonds. The molecule has 0 bridgehead atoms. The molecule has 0 spiro atoms. The van der Waals surface area contributed by atoms with Crippen LogP contribution in [0.5, 0.6) is 5.75 Å². The van der Waals surface area contributed by atoms with Gasteiger partial charge in [-0.2, -0.15) is 0 Å². The third-order valence-corrected chi connectivity index (χ3v) is 6.83. The fourth-order valence-corrected chi connectivity index (χ4v) is 4.78. The van der Waals surface area contributed by atoms with Crippen LogP contribution in [0.4, 0.5) is 5.69 Å². The van der Waals surface area contributed by atoms with Crippen LogP contribution in [0.2, 0.25) is 0 Å². The van der Waals surface area contributed by atoms with Crippen LogP contribution in [-0.2, 0) is 17.0 Å². The number of amides is 1. The van der Waals surface area contributed by atoms with Crippen LogP contribution in [0.25, 0.3) is 0 Å². The van der Waals surface area contributed by atoms with Gasteiger partial charge in [0.15, 0.2) is 10.9 Å². The molecule has 1 saturated heterocycles. The number of Topliss-reactive ketones (excluding diaryl/α,β-unsaturated/α-hetero) is 1. The Hall–Kier alpha value is -3.59. The number of ether oxygens (including phenoxy) is 1. The Labute approximate surface area is 208 Å². The Kier molecular flexibility index (Phi) is 7.87. The molecule has 0 unspecified atom stereocenters. The Bertz CT molecular complexity index is 1250. The lowest BCUT2D eigenvalue weighted by Gasteiger charge is -2.36. The van der Waals surface area contributed by atoms with Crippen molar-refractivity contribution >= 4 is 29.1 Å². The molecule has 35 heavy (non-hydrogen) atoms. The number of thioether (sulfide) groups is 1. The number of aromatic amines is 1. The first kappa shape index (κ1) is 24.5. The van der Waals surface area contributed by atoms with Crippen molar-refractivity contribution in [1.82, 2.24) is 14.9 Å². The van der Waals surface area contributed by atoms with E-state index in [1.54, 1.807) is 14.0 Å². The van der Waals surface area contributed by atoms with E-state index < -0.39 is 0 Å². The molecule has 0 saturated carbocycles. The van der Waals surface area contributed by atoms with Crippen LogP contribution < -0.4 is 15.2 Å². The van der Waals surface area contributed by atoms with E-state index in [0.29, 0.717) is 48.3 Å². The minimum Gasteiger partial charge on any atom is -0.497 e. The lowest BCUT2D eigenvalue weighted by molar-refractivity contribution is -0.130. The molecule has 182 valence electrons. The Morgan fingerprint density at radius 3 is 2.49 bits per heavy atom. The SMILES string of the molecule is COc1cccc(CSc2nc(CC(=O)N3CCN(c4ccc(C(C)=O)cc4)CC3)cc(=O)[nH]2)c1. The average Bonchev–Trinajstić information content (AvgIpc) is 2.87. The molecule has 9 heteroatoms. The minimum absolute atomic E-state index is 0.0431. The number of rotatable bonds is 8. The van der Waals surface area contributed by atoms with Crippen molar-refractivity contribution in [2.24, 2.45) is 0 Å². The zero-order chi connectivity index (χ0) is 24.8. The first-order valence-corrected chi connectivity index (χ1v) is 12.4. The number of ketones is 1. The number of hydrogen-bond donors (Lipinski definition) is 1. The van der Waals surface area contributed by atoms with Gasteiger partial charge in [-0.25, -0.2) is 4.98 Å². The van der Waals surface area contributed by atoms with Gasteiger partial charge in [-0.15, -0.1) is 0 Å². The second-order valence-corrected chi connectivity index (χ2v) is 9.29. The van der Waals surface area contributed by atoms with Crippen LogP contribution in [0, 0.1) is 0 Å². The van der Waals surface area contributed by atoms with Crippen molar-refractivity contribution in [1.29, 1.82) is 0 Å². The largest absolute Gasteiger partial charge is 0.497 e. The maximum Gasteiger partial charge on any atom is 0.251 e. The van der Waals surface area contributed by atoms with Crippen molar-refractivity contribution in [2.75, 3.05) is 38.2 Å². The first-order chi connectivity index (χ1) is 16.9. The average molecular weight is 493 g/mol. The van der Waals surface area contributed by atoms with Crippen LogP contribution in [-0.4, -0.2) is 59.8 Å². The predicted octanol–water partition coefficient (Wildman–Crippen LogP) is 3.16. The molecule has 0 atom stereocenters. The van der Waals surface area contributed by atoms with Crippen molar-refractivity contribution in [2.45, 2.75) is 24.3 Å². The molecule has 1 aliphatic rings.